The van der Waals surface area contributed by atoms with Gasteiger partial charge in [0.05, 0.1) is 5.69 Å². The number of carbonyl (C=O) groups excluding carboxylic acids is 1. The number of rotatable bonds is 2. The number of hydrogen-bond acceptors (Lipinski definition) is 3. The normalized spacial score (nSPS) is 18.4. The molecule has 1 atom stereocenters. The summed E-state index contributed by atoms with van der Waals surface area (Å²) in [5, 5.41) is 3.08. The number of thiocarbonyl (C=S) groups is 1. The first kappa shape index (κ1) is 11.1. The number of nitrogens with one attached hydrogen (secondary N) is 1. The highest BCUT2D eigenvalue weighted by atomic mass is 32.1. The van der Waals surface area contributed by atoms with E-state index in [1.165, 1.54) is 0 Å². The summed E-state index contributed by atoms with van der Waals surface area (Å²) >= 11 is 5.12. The molecule has 84 valence electrons. The summed E-state index contributed by atoms with van der Waals surface area (Å²) in [4.78, 5) is 12.2. The van der Waals surface area contributed by atoms with Crippen LogP contribution < -0.4 is 10.1 Å². The average Bonchev–Trinajstić information content (AvgIpc) is 2.29. The maximum absolute atomic E-state index is 11.5. The van der Waals surface area contributed by atoms with E-state index in [2.05, 4.69) is 5.32 Å². The van der Waals surface area contributed by atoms with E-state index in [4.69, 9.17) is 17.0 Å². The molecule has 0 saturated heterocycles. The Bertz CT molecular complexity index is 456. The molecular formula is C12H13NO2S. The van der Waals surface area contributed by atoms with E-state index in [0.717, 1.165) is 11.4 Å². The van der Waals surface area contributed by atoms with Crippen LogP contribution >= 0.6 is 12.2 Å². The Labute approximate surface area is 99.8 Å². The molecule has 0 amide bonds. The summed E-state index contributed by atoms with van der Waals surface area (Å²) in [7, 11) is 0. The minimum absolute atomic E-state index is 0.116. The fourth-order valence-electron chi connectivity index (χ4n) is 1.59. The second kappa shape index (κ2) is 4.22. The van der Waals surface area contributed by atoms with Gasteiger partial charge in [-0.05, 0) is 25.1 Å². The summed E-state index contributed by atoms with van der Waals surface area (Å²) in [5.74, 6) is 0.864. The van der Waals surface area contributed by atoms with Crippen molar-refractivity contribution < 1.29 is 9.53 Å². The van der Waals surface area contributed by atoms with Crippen LogP contribution in [-0.2, 0) is 0 Å². The third kappa shape index (κ3) is 1.93. The molecule has 1 aliphatic rings. The molecule has 1 N–H and O–H groups in total. The van der Waals surface area contributed by atoms with Crippen molar-refractivity contribution in [1.29, 1.82) is 0 Å². The number of fused-ring (bicyclic) bond motifs is 1. The van der Waals surface area contributed by atoms with Crippen LogP contribution in [0.3, 0.4) is 0 Å². The maximum atomic E-state index is 11.5. The number of ether oxygens (including phenoxy) is 1. The van der Waals surface area contributed by atoms with E-state index in [0.29, 0.717) is 17.0 Å². The topological polar surface area (TPSA) is 38.3 Å². The average molecular weight is 235 g/mol. The summed E-state index contributed by atoms with van der Waals surface area (Å²) in [6.45, 7) is 3.74. The zero-order valence-corrected chi connectivity index (χ0v) is 10.1. The van der Waals surface area contributed by atoms with Gasteiger partial charge in [0.15, 0.2) is 5.78 Å². The quantitative estimate of drug-likeness (QED) is 0.632. The zero-order chi connectivity index (χ0) is 11.7. The monoisotopic (exact) mass is 235 g/mol. The summed E-state index contributed by atoms with van der Waals surface area (Å²) in [5.41, 5.74) is 1.47. The molecule has 0 spiro atoms. The molecule has 1 heterocycles. The molecule has 1 aromatic rings. The second-order valence-electron chi connectivity index (χ2n) is 3.74. The van der Waals surface area contributed by atoms with Crippen LogP contribution in [0.25, 0.3) is 0 Å². The van der Waals surface area contributed by atoms with Gasteiger partial charge < -0.3 is 10.1 Å². The molecular weight excluding hydrogens is 222 g/mol. The van der Waals surface area contributed by atoms with Gasteiger partial charge in [0.2, 0.25) is 0 Å². The Hall–Kier alpha value is -1.42. The lowest BCUT2D eigenvalue weighted by Gasteiger charge is -2.25. The van der Waals surface area contributed by atoms with Crippen LogP contribution in [-0.4, -0.2) is 16.9 Å². The van der Waals surface area contributed by atoms with E-state index in [1.54, 1.807) is 12.1 Å². The number of ketones is 1. The molecule has 1 aliphatic heterocycles. The first-order valence-electron chi connectivity index (χ1n) is 5.26. The predicted octanol–water partition coefficient (Wildman–Crippen LogP) is 2.80. The van der Waals surface area contributed by atoms with E-state index < -0.39 is 0 Å². The smallest absolute Gasteiger partial charge is 0.162 e. The summed E-state index contributed by atoms with van der Waals surface area (Å²) < 4.78 is 5.60. The highest BCUT2D eigenvalue weighted by molar-refractivity contribution is 7.80. The lowest BCUT2D eigenvalue weighted by atomic mass is 10.1. The molecule has 0 aliphatic carbocycles. The minimum Gasteiger partial charge on any atom is -0.481 e. The van der Waals surface area contributed by atoms with Gasteiger partial charge in [-0.25, -0.2) is 0 Å². The van der Waals surface area contributed by atoms with Crippen molar-refractivity contribution in [2.75, 3.05) is 5.32 Å². The van der Waals surface area contributed by atoms with Gasteiger partial charge in [0.1, 0.15) is 16.8 Å². The van der Waals surface area contributed by atoms with Crippen molar-refractivity contribution in [3.05, 3.63) is 23.8 Å². The van der Waals surface area contributed by atoms with Gasteiger partial charge >= 0.3 is 0 Å². The molecule has 0 bridgehead atoms. The van der Waals surface area contributed by atoms with Crippen LogP contribution in [0.1, 0.15) is 30.6 Å². The van der Waals surface area contributed by atoms with E-state index in [9.17, 15) is 4.79 Å². The van der Waals surface area contributed by atoms with E-state index in [-0.39, 0.29) is 11.9 Å². The Kier molecular flexibility index (Phi) is 2.92. The molecule has 0 saturated carbocycles. The van der Waals surface area contributed by atoms with Crippen molar-refractivity contribution >= 4 is 28.7 Å². The first-order valence-corrected chi connectivity index (χ1v) is 5.67. The lowest BCUT2D eigenvalue weighted by Crippen LogP contribution is -2.32. The Morgan fingerprint density at radius 2 is 2.31 bits per heavy atom. The summed E-state index contributed by atoms with van der Waals surface area (Å²) in [6.07, 6.45) is 0.385. The molecule has 3 nitrogen and oxygen atoms in total. The van der Waals surface area contributed by atoms with Crippen molar-refractivity contribution in [3.63, 3.8) is 0 Å². The van der Waals surface area contributed by atoms with Crippen LogP contribution in [0.4, 0.5) is 5.69 Å². The molecule has 0 radical (unpaired) electrons. The maximum Gasteiger partial charge on any atom is 0.162 e. The van der Waals surface area contributed by atoms with E-state index in [1.807, 2.05) is 19.9 Å². The first-order chi connectivity index (χ1) is 7.61. The molecule has 1 unspecified atom stereocenters. The largest absolute Gasteiger partial charge is 0.481 e. The minimum atomic E-state index is -0.116. The second-order valence-corrected chi connectivity index (χ2v) is 4.18. The number of Topliss-reactive ketones (excluding diaryl/α,β-unsaturated/α-hetero) is 1. The van der Waals surface area contributed by atoms with Crippen molar-refractivity contribution in [1.82, 2.24) is 0 Å². The van der Waals surface area contributed by atoms with Crippen LogP contribution in [0.5, 0.6) is 5.75 Å². The lowest BCUT2D eigenvalue weighted by molar-refractivity contribution is 0.0988. The molecule has 0 aromatic heterocycles. The zero-order valence-electron chi connectivity index (χ0n) is 9.24. The fraction of sp³-hybridized carbons (Fsp3) is 0.333. The molecule has 4 heteroatoms. The van der Waals surface area contributed by atoms with Gasteiger partial charge in [-0.2, -0.15) is 0 Å². The molecule has 2 rings (SSSR count). The highest BCUT2D eigenvalue weighted by Gasteiger charge is 2.21. The van der Waals surface area contributed by atoms with Gasteiger partial charge in [0.25, 0.3) is 0 Å². The SMILES string of the molecule is CCC(=O)c1ccc2c(c1)NC(=S)C(C)O2. The van der Waals surface area contributed by atoms with Crippen LogP contribution in [0, 0.1) is 0 Å². The van der Waals surface area contributed by atoms with Crippen molar-refractivity contribution in [2.24, 2.45) is 0 Å². The number of anilines is 1. The van der Waals surface area contributed by atoms with Crippen molar-refractivity contribution in [2.45, 2.75) is 26.4 Å². The van der Waals surface area contributed by atoms with Gasteiger partial charge in [0, 0.05) is 12.0 Å². The molecule has 16 heavy (non-hydrogen) atoms. The van der Waals surface area contributed by atoms with E-state index >= 15 is 0 Å². The summed E-state index contributed by atoms with van der Waals surface area (Å²) in [6, 6.07) is 5.39. The Morgan fingerprint density at radius 3 is 3.00 bits per heavy atom. The fourth-order valence-corrected chi connectivity index (χ4v) is 1.74. The third-order valence-electron chi connectivity index (χ3n) is 2.55. The Balaban J connectivity index is 2.36. The van der Waals surface area contributed by atoms with Crippen LogP contribution in [0.15, 0.2) is 18.2 Å². The predicted molar refractivity (Wildman–Crippen MR) is 67.4 cm³/mol. The van der Waals surface area contributed by atoms with Gasteiger partial charge in [-0.1, -0.05) is 19.1 Å². The van der Waals surface area contributed by atoms with Crippen molar-refractivity contribution in [3.8, 4) is 5.75 Å². The number of carbonyl (C=O) groups is 1. The highest BCUT2D eigenvalue weighted by Crippen LogP contribution is 2.31. The van der Waals surface area contributed by atoms with Gasteiger partial charge in [-0.3, -0.25) is 4.79 Å². The standard InChI is InChI=1S/C12H13NO2S/c1-3-10(14)8-4-5-11-9(6-8)13-12(16)7(2)15-11/h4-7H,3H2,1-2H3,(H,13,16). The van der Waals surface area contributed by atoms with Gasteiger partial charge in [-0.15, -0.1) is 0 Å². The third-order valence-corrected chi connectivity index (χ3v) is 2.99. The number of hydrogen-bond donors (Lipinski definition) is 1. The molecule has 1 aromatic carbocycles. The molecule has 0 fully saturated rings. The Morgan fingerprint density at radius 1 is 1.56 bits per heavy atom. The van der Waals surface area contributed by atoms with Crippen LogP contribution in [0.2, 0.25) is 0 Å². The number of benzene rings is 1.